The Labute approximate surface area is 160 Å². The fourth-order valence-electron chi connectivity index (χ4n) is 2.92. The third-order valence-electron chi connectivity index (χ3n) is 5.08. The fourth-order valence-corrected chi connectivity index (χ4v) is 2.92. The predicted octanol–water partition coefficient (Wildman–Crippen LogP) is 6.97. The van der Waals surface area contributed by atoms with Gasteiger partial charge in [0.15, 0.2) is 0 Å². The van der Waals surface area contributed by atoms with Crippen LogP contribution in [0.2, 0.25) is 0 Å². The first-order valence-corrected chi connectivity index (χ1v) is 9.68. The molecule has 0 amide bonds. The molecule has 0 heterocycles. The SMILES string of the molecule is C/C=C(C)\C=C/C(C)(C)C(O)C(C)CCC(=C/C)/C=C/c1ccccc1. The zero-order chi connectivity index (χ0) is 19.6. The normalized spacial score (nSPS) is 16.4. The molecule has 1 N–H and O–H groups in total. The molecule has 0 spiro atoms. The Kier molecular flexibility index (Phi) is 9.37. The summed E-state index contributed by atoms with van der Waals surface area (Å²) in [5, 5.41) is 10.8. The quantitative estimate of drug-likeness (QED) is 0.476. The third-order valence-corrected chi connectivity index (χ3v) is 5.08. The molecule has 0 aliphatic heterocycles. The van der Waals surface area contributed by atoms with Gasteiger partial charge in [-0.2, -0.15) is 0 Å². The summed E-state index contributed by atoms with van der Waals surface area (Å²) in [4.78, 5) is 0. The van der Waals surface area contributed by atoms with Crippen molar-refractivity contribution in [3.8, 4) is 0 Å². The second-order valence-electron chi connectivity index (χ2n) is 7.76. The van der Waals surface area contributed by atoms with Gasteiger partial charge in [-0.3, -0.25) is 0 Å². The summed E-state index contributed by atoms with van der Waals surface area (Å²) in [7, 11) is 0. The molecule has 142 valence electrons. The summed E-state index contributed by atoms with van der Waals surface area (Å²) in [5.41, 5.74) is 3.51. The van der Waals surface area contributed by atoms with E-state index in [1.807, 2.05) is 13.0 Å². The molecule has 1 aromatic rings. The summed E-state index contributed by atoms with van der Waals surface area (Å²) in [5.74, 6) is 0.237. The van der Waals surface area contributed by atoms with Crippen LogP contribution in [-0.4, -0.2) is 11.2 Å². The topological polar surface area (TPSA) is 20.2 Å². The molecule has 26 heavy (non-hydrogen) atoms. The first-order chi connectivity index (χ1) is 12.3. The highest BCUT2D eigenvalue weighted by atomic mass is 16.3. The molecule has 1 heteroatoms. The van der Waals surface area contributed by atoms with E-state index in [2.05, 4.69) is 95.3 Å². The average Bonchev–Trinajstić information content (AvgIpc) is 2.66. The Morgan fingerprint density at radius 3 is 2.31 bits per heavy atom. The summed E-state index contributed by atoms with van der Waals surface area (Å²) in [6.45, 7) is 12.6. The van der Waals surface area contributed by atoms with Crippen molar-refractivity contribution < 1.29 is 5.11 Å². The number of aliphatic hydroxyl groups is 1. The number of aliphatic hydroxyl groups excluding tert-OH is 1. The van der Waals surface area contributed by atoms with Gasteiger partial charge in [-0.25, -0.2) is 0 Å². The van der Waals surface area contributed by atoms with Crippen LogP contribution < -0.4 is 0 Å². The Morgan fingerprint density at radius 2 is 1.73 bits per heavy atom. The van der Waals surface area contributed by atoms with Gasteiger partial charge in [0, 0.05) is 5.41 Å². The summed E-state index contributed by atoms with van der Waals surface area (Å²) in [6, 6.07) is 10.4. The Hall–Kier alpha value is -1.86. The largest absolute Gasteiger partial charge is 0.392 e. The Morgan fingerprint density at radius 1 is 1.08 bits per heavy atom. The molecule has 2 atom stereocenters. The zero-order valence-corrected chi connectivity index (χ0v) is 17.4. The highest BCUT2D eigenvalue weighted by molar-refractivity contribution is 5.52. The van der Waals surface area contributed by atoms with Gasteiger partial charge in [0.2, 0.25) is 0 Å². The Balaban J connectivity index is 2.64. The van der Waals surface area contributed by atoms with Crippen LogP contribution in [0, 0.1) is 11.3 Å². The molecule has 0 radical (unpaired) electrons. The summed E-state index contributed by atoms with van der Waals surface area (Å²) < 4.78 is 0. The lowest BCUT2D eigenvalue weighted by Crippen LogP contribution is -2.33. The van der Waals surface area contributed by atoms with Crippen molar-refractivity contribution in [3.63, 3.8) is 0 Å². The summed E-state index contributed by atoms with van der Waals surface area (Å²) in [6.07, 6.45) is 14.4. The van der Waals surface area contributed by atoms with Crippen molar-refractivity contribution in [3.05, 3.63) is 77.4 Å². The molecular weight excluding hydrogens is 316 g/mol. The van der Waals surface area contributed by atoms with E-state index >= 15 is 0 Å². The van der Waals surface area contributed by atoms with Gasteiger partial charge in [-0.15, -0.1) is 0 Å². The first-order valence-electron chi connectivity index (χ1n) is 9.68. The molecule has 0 aliphatic rings. The summed E-state index contributed by atoms with van der Waals surface area (Å²) >= 11 is 0. The molecule has 1 nitrogen and oxygen atoms in total. The predicted molar refractivity (Wildman–Crippen MR) is 116 cm³/mol. The average molecular weight is 353 g/mol. The van der Waals surface area contributed by atoms with Crippen LogP contribution in [0.1, 0.15) is 59.9 Å². The lowest BCUT2D eigenvalue weighted by Gasteiger charge is -2.32. The molecule has 0 bridgehead atoms. The Bertz CT molecular complexity index is 644. The van der Waals surface area contributed by atoms with Crippen molar-refractivity contribution in [2.75, 3.05) is 0 Å². The molecular formula is C25H36O. The lowest BCUT2D eigenvalue weighted by atomic mass is 9.78. The molecule has 0 saturated carbocycles. The van der Waals surface area contributed by atoms with Crippen LogP contribution in [0.5, 0.6) is 0 Å². The second kappa shape index (κ2) is 11.0. The second-order valence-corrected chi connectivity index (χ2v) is 7.76. The van der Waals surface area contributed by atoms with Crippen LogP contribution in [0.3, 0.4) is 0 Å². The van der Waals surface area contributed by atoms with E-state index in [9.17, 15) is 5.11 Å². The number of hydrogen-bond donors (Lipinski definition) is 1. The molecule has 1 aromatic carbocycles. The van der Waals surface area contributed by atoms with E-state index < -0.39 is 0 Å². The maximum Gasteiger partial charge on any atom is 0.0651 e. The minimum atomic E-state index is -0.361. The molecule has 2 unspecified atom stereocenters. The monoisotopic (exact) mass is 352 g/mol. The van der Waals surface area contributed by atoms with Crippen molar-refractivity contribution in [1.82, 2.24) is 0 Å². The number of hydrogen-bond acceptors (Lipinski definition) is 1. The van der Waals surface area contributed by atoms with Crippen LogP contribution in [0.25, 0.3) is 6.08 Å². The smallest absolute Gasteiger partial charge is 0.0651 e. The first kappa shape index (κ1) is 22.2. The van der Waals surface area contributed by atoms with Crippen LogP contribution in [0.4, 0.5) is 0 Å². The third kappa shape index (κ3) is 7.58. The molecule has 0 aliphatic carbocycles. The van der Waals surface area contributed by atoms with E-state index in [4.69, 9.17) is 0 Å². The van der Waals surface area contributed by atoms with Gasteiger partial charge in [-0.1, -0.05) is 98.7 Å². The van der Waals surface area contributed by atoms with Crippen molar-refractivity contribution in [2.45, 2.75) is 60.5 Å². The number of rotatable bonds is 9. The minimum Gasteiger partial charge on any atom is -0.392 e. The van der Waals surface area contributed by atoms with Crippen LogP contribution >= 0.6 is 0 Å². The van der Waals surface area contributed by atoms with Gasteiger partial charge < -0.3 is 5.11 Å². The molecule has 0 fully saturated rings. The highest BCUT2D eigenvalue weighted by Gasteiger charge is 2.29. The van der Waals surface area contributed by atoms with Gasteiger partial charge in [0.05, 0.1) is 6.10 Å². The van der Waals surface area contributed by atoms with Crippen LogP contribution in [0.15, 0.2) is 71.9 Å². The van der Waals surface area contributed by atoms with E-state index in [0.717, 1.165) is 12.8 Å². The van der Waals surface area contributed by atoms with Gasteiger partial charge >= 0.3 is 0 Å². The number of allylic oxidation sites excluding steroid dienone is 6. The lowest BCUT2D eigenvalue weighted by molar-refractivity contribution is 0.0313. The molecule has 0 saturated heterocycles. The van der Waals surface area contributed by atoms with Crippen molar-refractivity contribution >= 4 is 6.08 Å². The molecule has 1 rings (SSSR count). The van der Waals surface area contributed by atoms with E-state index in [-0.39, 0.29) is 17.4 Å². The van der Waals surface area contributed by atoms with Crippen molar-refractivity contribution in [2.24, 2.45) is 11.3 Å². The number of benzene rings is 1. The highest BCUT2D eigenvalue weighted by Crippen LogP contribution is 2.31. The van der Waals surface area contributed by atoms with Crippen molar-refractivity contribution in [1.29, 1.82) is 0 Å². The van der Waals surface area contributed by atoms with Gasteiger partial charge in [-0.05, 0) is 45.1 Å². The van der Waals surface area contributed by atoms with Gasteiger partial charge in [0.1, 0.15) is 0 Å². The fraction of sp³-hybridized carbons (Fsp3) is 0.440. The zero-order valence-electron chi connectivity index (χ0n) is 17.4. The van der Waals surface area contributed by atoms with E-state index in [1.54, 1.807) is 0 Å². The van der Waals surface area contributed by atoms with E-state index in [0.29, 0.717) is 0 Å². The standard InChI is InChI=1S/C25H36O/c1-7-20(3)18-19-25(5,6)24(26)21(4)14-15-22(8-2)16-17-23-12-10-9-11-13-23/h7-13,16-19,21,24,26H,14-15H2,1-6H3/b17-16+,19-18-,20-7-,22-8-. The van der Waals surface area contributed by atoms with E-state index in [1.165, 1.54) is 16.7 Å². The van der Waals surface area contributed by atoms with Gasteiger partial charge in [0.25, 0.3) is 0 Å². The maximum atomic E-state index is 10.8. The minimum absolute atomic E-state index is 0.236. The van der Waals surface area contributed by atoms with Crippen LogP contribution in [-0.2, 0) is 0 Å². The maximum absolute atomic E-state index is 10.8. The molecule has 0 aromatic heterocycles.